The van der Waals surface area contributed by atoms with Gasteiger partial charge in [0.05, 0.1) is 5.69 Å². The molecule has 27 heavy (non-hydrogen) atoms. The molecule has 1 aromatic carbocycles. The van der Waals surface area contributed by atoms with Crippen LogP contribution in [0.1, 0.15) is 37.1 Å². The van der Waals surface area contributed by atoms with Crippen molar-refractivity contribution in [3.8, 4) is 5.69 Å². The third kappa shape index (κ3) is 4.86. The van der Waals surface area contributed by atoms with Crippen LogP contribution in [0.25, 0.3) is 5.69 Å². The molecule has 2 aromatic rings. The Morgan fingerprint density at radius 2 is 1.89 bits per heavy atom. The van der Waals surface area contributed by atoms with Crippen molar-refractivity contribution in [2.24, 2.45) is 5.92 Å². The van der Waals surface area contributed by atoms with Crippen LogP contribution < -0.4 is 5.69 Å². The summed E-state index contributed by atoms with van der Waals surface area (Å²) in [5.74, 6) is 0.519. The molecule has 3 rings (SSSR count). The van der Waals surface area contributed by atoms with Gasteiger partial charge < -0.3 is 10.0 Å². The Hall–Kier alpha value is -2.41. The SMILES string of the molecule is Cc1nn(CCC2CCN(C)CC2)c(=O)n1-c1ccc(CCC(=O)O)cc1. The topological polar surface area (TPSA) is 80.4 Å². The summed E-state index contributed by atoms with van der Waals surface area (Å²) in [6.45, 7) is 4.74. The molecule has 0 radical (unpaired) electrons. The molecule has 1 aliphatic rings. The molecule has 0 saturated carbocycles. The van der Waals surface area contributed by atoms with Crippen LogP contribution in [0.5, 0.6) is 0 Å². The molecular formula is C20H28N4O3. The molecule has 0 aliphatic carbocycles. The number of carbonyl (C=O) groups is 1. The maximum atomic E-state index is 12.8. The first-order valence-corrected chi connectivity index (χ1v) is 9.60. The molecule has 1 aliphatic heterocycles. The fourth-order valence-corrected chi connectivity index (χ4v) is 3.68. The monoisotopic (exact) mass is 372 g/mol. The minimum atomic E-state index is -0.808. The van der Waals surface area contributed by atoms with Gasteiger partial charge in [-0.1, -0.05) is 12.1 Å². The molecule has 7 nitrogen and oxygen atoms in total. The summed E-state index contributed by atoms with van der Waals surface area (Å²) in [6, 6.07) is 7.46. The highest BCUT2D eigenvalue weighted by molar-refractivity contribution is 5.67. The molecule has 146 valence electrons. The molecule has 2 heterocycles. The number of aromatic nitrogens is 3. The van der Waals surface area contributed by atoms with Gasteiger partial charge in [-0.2, -0.15) is 5.10 Å². The number of hydrogen-bond acceptors (Lipinski definition) is 4. The van der Waals surface area contributed by atoms with E-state index < -0.39 is 5.97 Å². The van der Waals surface area contributed by atoms with Gasteiger partial charge in [0.1, 0.15) is 5.82 Å². The van der Waals surface area contributed by atoms with Gasteiger partial charge in [0.15, 0.2) is 0 Å². The summed E-state index contributed by atoms with van der Waals surface area (Å²) in [4.78, 5) is 25.8. The zero-order valence-corrected chi connectivity index (χ0v) is 16.1. The second-order valence-corrected chi connectivity index (χ2v) is 7.48. The number of aliphatic carboxylic acids is 1. The van der Waals surface area contributed by atoms with Crippen molar-refractivity contribution >= 4 is 5.97 Å². The van der Waals surface area contributed by atoms with Crippen molar-refractivity contribution in [2.45, 2.75) is 45.6 Å². The van der Waals surface area contributed by atoms with E-state index in [4.69, 9.17) is 5.11 Å². The van der Waals surface area contributed by atoms with Crippen LogP contribution in [-0.4, -0.2) is 50.5 Å². The Kier molecular flexibility index (Phi) is 6.11. The van der Waals surface area contributed by atoms with Gasteiger partial charge in [-0.3, -0.25) is 4.79 Å². The Morgan fingerprint density at radius 3 is 2.52 bits per heavy atom. The summed E-state index contributed by atoms with van der Waals surface area (Å²) in [5, 5.41) is 13.2. The number of carboxylic acids is 1. The van der Waals surface area contributed by atoms with Crippen molar-refractivity contribution in [1.82, 2.24) is 19.2 Å². The van der Waals surface area contributed by atoms with Crippen LogP contribution >= 0.6 is 0 Å². The second-order valence-electron chi connectivity index (χ2n) is 7.48. The maximum absolute atomic E-state index is 12.8. The van der Waals surface area contributed by atoms with Gasteiger partial charge in [-0.15, -0.1) is 0 Å². The standard InChI is InChI=1S/C20H28N4O3/c1-15-21-23(14-11-17-9-12-22(2)13-10-17)20(27)24(15)18-6-3-16(4-7-18)5-8-19(25)26/h3-4,6-7,17H,5,8-14H2,1-2H3,(H,25,26). The molecular weight excluding hydrogens is 344 g/mol. The van der Waals surface area contributed by atoms with Crippen LogP contribution in [0.3, 0.4) is 0 Å². The highest BCUT2D eigenvalue weighted by atomic mass is 16.4. The number of likely N-dealkylation sites (tertiary alicyclic amines) is 1. The largest absolute Gasteiger partial charge is 0.481 e. The third-order valence-electron chi connectivity index (χ3n) is 5.41. The van der Waals surface area contributed by atoms with E-state index in [0.29, 0.717) is 24.7 Å². The van der Waals surface area contributed by atoms with E-state index in [-0.39, 0.29) is 12.1 Å². The lowest BCUT2D eigenvalue weighted by molar-refractivity contribution is -0.136. The van der Waals surface area contributed by atoms with Crippen molar-refractivity contribution in [1.29, 1.82) is 0 Å². The van der Waals surface area contributed by atoms with Crippen LogP contribution in [0.15, 0.2) is 29.1 Å². The maximum Gasteiger partial charge on any atom is 0.350 e. The van der Waals surface area contributed by atoms with Crippen LogP contribution in [0.2, 0.25) is 0 Å². The van der Waals surface area contributed by atoms with E-state index >= 15 is 0 Å². The van der Waals surface area contributed by atoms with Crippen molar-refractivity contribution in [3.63, 3.8) is 0 Å². The van der Waals surface area contributed by atoms with Gasteiger partial charge in [0, 0.05) is 13.0 Å². The quantitative estimate of drug-likeness (QED) is 0.805. The number of nitrogens with zero attached hydrogens (tertiary/aromatic N) is 4. The van der Waals surface area contributed by atoms with Gasteiger partial charge in [-0.25, -0.2) is 14.0 Å². The first-order chi connectivity index (χ1) is 12.9. The normalized spacial score (nSPS) is 15.9. The molecule has 0 bridgehead atoms. The fourth-order valence-electron chi connectivity index (χ4n) is 3.68. The summed E-state index contributed by atoms with van der Waals surface area (Å²) < 4.78 is 3.20. The average molecular weight is 372 g/mol. The average Bonchev–Trinajstić information content (AvgIpc) is 2.93. The molecule has 0 amide bonds. The van der Waals surface area contributed by atoms with Gasteiger partial charge >= 0.3 is 11.7 Å². The smallest absolute Gasteiger partial charge is 0.350 e. The van der Waals surface area contributed by atoms with E-state index in [1.54, 1.807) is 9.25 Å². The Balaban J connectivity index is 1.68. The summed E-state index contributed by atoms with van der Waals surface area (Å²) in [5.41, 5.74) is 1.60. The number of piperidine rings is 1. The molecule has 0 spiro atoms. The second kappa shape index (κ2) is 8.52. The minimum Gasteiger partial charge on any atom is -0.481 e. The van der Waals surface area contributed by atoms with E-state index in [2.05, 4.69) is 17.0 Å². The van der Waals surface area contributed by atoms with E-state index in [0.717, 1.165) is 30.8 Å². The van der Waals surface area contributed by atoms with Gasteiger partial charge in [0.25, 0.3) is 0 Å². The van der Waals surface area contributed by atoms with Gasteiger partial charge in [-0.05, 0) is 76.4 Å². The van der Waals surface area contributed by atoms with Crippen molar-refractivity contribution < 1.29 is 9.90 Å². The zero-order chi connectivity index (χ0) is 19.4. The Morgan fingerprint density at radius 1 is 1.22 bits per heavy atom. The Labute approximate surface area is 159 Å². The number of rotatable bonds is 7. The minimum absolute atomic E-state index is 0.104. The van der Waals surface area contributed by atoms with Crippen molar-refractivity contribution in [3.05, 3.63) is 46.1 Å². The molecule has 1 N–H and O–H groups in total. The zero-order valence-electron chi connectivity index (χ0n) is 16.1. The molecule has 7 heteroatoms. The summed E-state index contributed by atoms with van der Waals surface area (Å²) in [6.07, 6.45) is 3.94. The third-order valence-corrected chi connectivity index (χ3v) is 5.41. The number of aryl methyl sites for hydroxylation is 3. The number of hydrogen-bond donors (Lipinski definition) is 1. The highest BCUT2D eigenvalue weighted by Crippen LogP contribution is 2.20. The highest BCUT2D eigenvalue weighted by Gasteiger charge is 2.18. The van der Waals surface area contributed by atoms with Crippen LogP contribution in [0.4, 0.5) is 0 Å². The number of carboxylic acid groups (broad SMARTS) is 1. The summed E-state index contributed by atoms with van der Waals surface area (Å²) in [7, 11) is 2.15. The lowest BCUT2D eigenvalue weighted by Crippen LogP contribution is -2.31. The van der Waals surface area contributed by atoms with E-state index in [1.807, 2.05) is 31.2 Å². The molecule has 0 unspecified atom stereocenters. The fraction of sp³-hybridized carbons (Fsp3) is 0.550. The van der Waals surface area contributed by atoms with E-state index in [9.17, 15) is 9.59 Å². The Bertz CT molecular complexity index is 830. The van der Waals surface area contributed by atoms with Crippen molar-refractivity contribution in [2.75, 3.05) is 20.1 Å². The van der Waals surface area contributed by atoms with Crippen LogP contribution in [-0.2, 0) is 17.8 Å². The van der Waals surface area contributed by atoms with Gasteiger partial charge in [0.2, 0.25) is 0 Å². The lowest BCUT2D eigenvalue weighted by atomic mass is 9.94. The molecule has 1 fully saturated rings. The first kappa shape index (κ1) is 19.4. The van der Waals surface area contributed by atoms with E-state index in [1.165, 1.54) is 12.8 Å². The summed E-state index contributed by atoms with van der Waals surface area (Å²) >= 11 is 0. The van der Waals surface area contributed by atoms with Crippen LogP contribution in [0, 0.1) is 12.8 Å². The molecule has 1 aromatic heterocycles. The lowest BCUT2D eigenvalue weighted by Gasteiger charge is -2.28. The molecule has 0 atom stereocenters. The predicted octanol–water partition coefficient (Wildman–Crippen LogP) is 2.09. The predicted molar refractivity (Wildman–Crippen MR) is 103 cm³/mol. The number of benzene rings is 1. The molecule has 1 saturated heterocycles. The first-order valence-electron chi connectivity index (χ1n) is 9.60.